The fourth-order valence-electron chi connectivity index (χ4n) is 2.50. The molecule has 1 atom stereocenters. The van der Waals surface area contributed by atoms with Crippen molar-refractivity contribution in [2.24, 2.45) is 5.92 Å². The van der Waals surface area contributed by atoms with E-state index in [1.54, 1.807) is 6.92 Å². The van der Waals surface area contributed by atoms with E-state index in [1.807, 2.05) is 31.2 Å². The number of ether oxygens (including phenoxy) is 2. The predicted octanol–water partition coefficient (Wildman–Crippen LogP) is 2.46. The van der Waals surface area contributed by atoms with Gasteiger partial charge in [-0.2, -0.15) is 0 Å². The van der Waals surface area contributed by atoms with Gasteiger partial charge in [-0.15, -0.1) is 0 Å². The van der Waals surface area contributed by atoms with Gasteiger partial charge in [-0.3, -0.25) is 4.79 Å². The minimum absolute atomic E-state index is 0.150. The molecular formula is C15H20O4. The van der Waals surface area contributed by atoms with E-state index in [0.29, 0.717) is 26.2 Å². The Morgan fingerprint density at radius 2 is 2.05 bits per heavy atom. The quantitative estimate of drug-likeness (QED) is 0.857. The molecule has 0 bridgehead atoms. The van der Waals surface area contributed by atoms with Gasteiger partial charge in [-0.05, 0) is 31.0 Å². The fourth-order valence-corrected chi connectivity index (χ4v) is 2.50. The zero-order valence-corrected chi connectivity index (χ0v) is 11.4. The van der Waals surface area contributed by atoms with Gasteiger partial charge in [0.25, 0.3) is 0 Å². The van der Waals surface area contributed by atoms with Crippen LogP contribution in [-0.4, -0.2) is 30.9 Å². The van der Waals surface area contributed by atoms with Gasteiger partial charge in [0.05, 0.1) is 25.7 Å². The first-order valence-electron chi connectivity index (χ1n) is 6.61. The van der Waals surface area contributed by atoms with Crippen molar-refractivity contribution in [1.29, 1.82) is 0 Å². The monoisotopic (exact) mass is 264 g/mol. The first-order chi connectivity index (χ1) is 9.07. The van der Waals surface area contributed by atoms with E-state index in [1.165, 1.54) is 0 Å². The molecule has 0 aromatic heterocycles. The number of carboxylic acid groups (broad SMARTS) is 1. The van der Waals surface area contributed by atoms with Gasteiger partial charge < -0.3 is 14.6 Å². The van der Waals surface area contributed by atoms with Crippen LogP contribution in [0.3, 0.4) is 0 Å². The molecule has 1 N–H and O–H groups in total. The molecule has 1 aromatic rings. The number of rotatable bonds is 6. The second kappa shape index (κ2) is 5.61. The summed E-state index contributed by atoms with van der Waals surface area (Å²) in [6.07, 6.45) is 0.607. The molecule has 0 radical (unpaired) electrons. The van der Waals surface area contributed by atoms with Crippen LogP contribution in [0.5, 0.6) is 5.75 Å². The molecule has 1 aromatic carbocycles. The average molecular weight is 264 g/mol. The second-order valence-corrected chi connectivity index (χ2v) is 5.17. The zero-order valence-electron chi connectivity index (χ0n) is 11.4. The Balaban J connectivity index is 2.14. The second-order valence-electron chi connectivity index (χ2n) is 5.17. The summed E-state index contributed by atoms with van der Waals surface area (Å²) in [4.78, 5) is 11.0. The van der Waals surface area contributed by atoms with Crippen LogP contribution in [0.1, 0.15) is 25.8 Å². The molecule has 19 heavy (non-hydrogen) atoms. The third-order valence-corrected chi connectivity index (χ3v) is 3.65. The number of carboxylic acids is 1. The van der Waals surface area contributed by atoms with E-state index in [4.69, 9.17) is 14.6 Å². The summed E-state index contributed by atoms with van der Waals surface area (Å²) in [5, 5.41) is 9.07. The van der Waals surface area contributed by atoms with Gasteiger partial charge >= 0.3 is 5.97 Å². The highest BCUT2D eigenvalue weighted by Crippen LogP contribution is 2.38. The molecule has 2 rings (SSSR count). The number of benzene rings is 1. The van der Waals surface area contributed by atoms with Crippen molar-refractivity contribution in [1.82, 2.24) is 0 Å². The van der Waals surface area contributed by atoms with E-state index in [0.717, 1.165) is 11.3 Å². The standard InChI is InChI=1S/C15H20O4/c1-3-19-13-6-4-12(5-7-13)15(9-18-10-15)8-11(2)14(16)17/h4-7,11H,3,8-10H2,1-2H3,(H,16,17). The minimum Gasteiger partial charge on any atom is -0.494 e. The molecule has 0 aliphatic carbocycles. The molecule has 104 valence electrons. The van der Waals surface area contributed by atoms with E-state index in [-0.39, 0.29) is 11.3 Å². The van der Waals surface area contributed by atoms with Gasteiger partial charge in [0.2, 0.25) is 0 Å². The number of carbonyl (C=O) groups is 1. The predicted molar refractivity (Wildman–Crippen MR) is 71.5 cm³/mol. The smallest absolute Gasteiger partial charge is 0.306 e. The summed E-state index contributed by atoms with van der Waals surface area (Å²) in [6.45, 7) is 5.53. The van der Waals surface area contributed by atoms with Crippen LogP contribution in [0.15, 0.2) is 24.3 Å². The fraction of sp³-hybridized carbons (Fsp3) is 0.533. The van der Waals surface area contributed by atoms with Crippen LogP contribution in [0.25, 0.3) is 0 Å². The summed E-state index contributed by atoms with van der Waals surface area (Å²) >= 11 is 0. The normalized spacial score (nSPS) is 18.4. The molecule has 0 spiro atoms. The molecular weight excluding hydrogens is 244 g/mol. The molecule has 4 heteroatoms. The van der Waals surface area contributed by atoms with Crippen LogP contribution < -0.4 is 4.74 Å². The van der Waals surface area contributed by atoms with Crippen LogP contribution in [0, 0.1) is 5.92 Å². The Labute approximate surface area is 113 Å². The largest absolute Gasteiger partial charge is 0.494 e. The number of hydrogen-bond acceptors (Lipinski definition) is 3. The van der Waals surface area contributed by atoms with Crippen LogP contribution in [-0.2, 0) is 14.9 Å². The topological polar surface area (TPSA) is 55.8 Å². The number of hydrogen-bond donors (Lipinski definition) is 1. The first-order valence-corrected chi connectivity index (χ1v) is 6.61. The molecule has 0 amide bonds. The molecule has 1 unspecified atom stereocenters. The van der Waals surface area contributed by atoms with Crippen molar-refractivity contribution in [3.8, 4) is 5.75 Å². The molecule has 1 fully saturated rings. The van der Waals surface area contributed by atoms with Crippen LogP contribution in [0.4, 0.5) is 0 Å². The summed E-state index contributed by atoms with van der Waals surface area (Å²) in [7, 11) is 0. The van der Waals surface area contributed by atoms with Crippen molar-refractivity contribution in [2.45, 2.75) is 25.7 Å². The van der Waals surface area contributed by atoms with E-state index in [2.05, 4.69) is 0 Å². The lowest BCUT2D eigenvalue weighted by Gasteiger charge is -2.43. The van der Waals surface area contributed by atoms with Gasteiger partial charge in [0.15, 0.2) is 0 Å². The average Bonchev–Trinajstić information content (AvgIpc) is 2.35. The summed E-state index contributed by atoms with van der Waals surface area (Å²) < 4.78 is 10.7. The van der Waals surface area contributed by atoms with E-state index < -0.39 is 5.97 Å². The van der Waals surface area contributed by atoms with Gasteiger partial charge in [-0.25, -0.2) is 0 Å². The lowest BCUT2D eigenvalue weighted by atomic mass is 9.72. The summed E-state index contributed by atoms with van der Waals surface area (Å²) in [6, 6.07) is 7.90. The maximum Gasteiger partial charge on any atom is 0.306 e. The highest BCUT2D eigenvalue weighted by molar-refractivity contribution is 5.69. The molecule has 1 saturated heterocycles. The Hall–Kier alpha value is -1.55. The lowest BCUT2D eigenvalue weighted by Crippen LogP contribution is -2.48. The third kappa shape index (κ3) is 2.89. The van der Waals surface area contributed by atoms with Crippen LogP contribution in [0.2, 0.25) is 0 Å². The maximum absolute atomic E-state index is 11.0. The highest BCUT2D eigenvalue weighted by atomic mass is 16.5. The van der Waals surface area contributed by atoms with E-state index in [9.17, 15) is 4.79 Å². The highest BCUT2D eigenvalue weighted by Gasteiger charge is 2.42. The molecule has 4 nitrogen and oxygen atoms in total. The van der Waals surface area contributed by atoms with Crippen LogP contribution >= 0.6 is 0 Å². The summed E-state index contributed by atoms with van der Waals surface area (Å²) in [5.74, 6) is -0.277. The van der Waals surface area contributed by atoms with Crippen molar-refractivity contribution in [3.63, 3.8) is 0 Å². The molecule has 1 aliphatic heterocycles. The number of aliphatic carboxylic acids is 1. The SMILES string of the molecule is CCOc1ccc(C2(CC(C)C(=O)O)COC2)cc1. The Kier molecular flexibility index (Phi) is 4.10. The van der Waals surface area contributed by atoms with Crippen molar-refractivity contribution in [3.05, 3.63) is 29.8 Å². The molecule has 0 saturated carbocycles. The first kappa shape index (κ1) is 13.9. The van der Waals surface area contributed by atoms with Crippen molar-refractivity contribution < 1.29 is 19.4 Å². The van der Waals surface area contributed by atoms with Gasteiger partial charge in [0, 0.05) is 5.41 Å². The Morgan fingerprint density at radius 3 is 2.47 bits per heavy atom. The Bertz CT molecular complexity index is 434. The van der Waals surface area contributed by atoms with Crippen molar-refractivity contribution in [2.75, 3.05) is 19.8 Å². The van der Waals surface area contributed by atoms with Gasteiger partial charge in [0.1, 0.15) is 5.75 Å². The Morgan fingerprint density at radius 1 is 1.42 bits per heavy atom. The molecule has 1 heterocycles. The van der Waals surface area contributed by atoms with Crippen molar-refractivity contribution >= 4 is 5.97 Å². The maximum atomic E-state index is 11.0. The van der Waals surface area contributed by atoms with Gasteiger partial charge in [-0.1, -0.05) is 19.1 Å². The minimum atomic E-state index is -0.753. The van der Waals surface area contributed by atoms with E-state index >= 15 is 0 Å². The lowest BCUT2D eigenvalue weighted by molar-refractivity contribution is -0.144. The third-order valence-electron chi connectivity index (χ3n) is 3.65. The molecule has 1 aliphatic rings. The zero-order chi connectivity index (χ0) is 13.9. The summed E-state index contributed by atoms with van der Waals surface area (Å²) in [5.41, 5.74) is 0.984.